The van der Waals surface area contributed by atoms with Gasteiger partial charge in [0.1, 0.15) is 5.60 Å². The van der Waals surface area contributed by atoms with Crippen molar-refractivity contribution < 1.29 is 14.3 Å². The largest absolute Gasteiger partial charge is 0.444 e. The van der Waals surface area contributed by atoms with Gasteiger partial charge in [-0.1, -0.05) is 0 Å². The van der Waals surface area contributed by atoms with Crippen LogP contribution >= 0.6 is 0 Å². The lowest BCUT2D eigenvalue weighted by atomic mass is 9.62. The summed E-state index contributed by atoms with van der Waals surface area (Å²) in [6.45, 7) is 13.6. The molecule has 0 atom stereocenters. The fourth-order valence-electron chi connectivity index (χ4n) is 2.97. The standard InChI is InChI=1S/C15H27NO3/c1-13(2,3)18-11-7-15(8-11)9-16(10-15)12(17)19-14(4,5)6/h11H,7-10H2,1-6H3. The monoisotopic (exact) mass is 269 g/mol. The van der Waals surface area contributed by atoms with Crippen LogP contribution in [0.15, 0.2) is 0 Å². The van der Waals surface area contributed by atoms with Crippen LogP contribution in [0.3, 0.4) is 0 Å². The molecule has 4 nitrogen and oxygen atoms in total. The summed E-state index contributed by atoms with van der Waals surface area (Å²) in [5.41, 5.74) is -0.162. The van der Waals surface area contributed by atoms with Gasteiger partial charge in [0.25, 0.3) is 0 Å². The second kappa shape index (κ2) is 4.37. The predicted molar refractivity (Wildman–Crippen MR) is 74.1 cm³/mol. The van der Waals surface area contributed by atoms with Gasteiger partial charge in [0, 0.05) is 18.5 Å². The average Bonchev–Trinajstić information content (AvgIpc) is 2.00. The van der Waals surface area contributed by atoms with E-state index in [1.54, 1.807) is 4.90 Å². The summed E-state index contributed by atoms with van der Waals surface area (Å²) < 4.78 is 11.3. The van der Waals surface area contributed by atoms with Crippen molar-refractivity contribution in [2.24, 2.45) is 5.41 Å². The second-order valence-corrected chi connectivity index (χ2v) is 8.10. The van der Waals surface area contributed by atoms with Gasteiger partial charge in [0.2, 0.25) is 0 Å². The molecule has 110 valence electrons. The number of likely N-dealkylation sites (tertiary alicyclic amines) is 1. The van der Waals surface area contributed by atoms with E-state index in [0.717, 1.165) is 25.9 Å². The molecule has 0 N–H and O–H groups in total. The number of rotatable bonds is 1. The molecular formula is C15H27NO3. The summed E-state index contributed by atoms with van der Waals surface area (Å²) in [6.07, 6.45) is 2.33. The fraction of sp³-hybridized carbons (Fsp3) is 0.933. The van der Waals surface area contributed by atoms with Crippen molar-refractivity contribution in [1.82, 2.24) is 4.90 Å². The first kappa shape index (κ1) is 14.6. The van der Waals surface area contributed by atoms with Crippen molar-refractivity contribution in [2.45, 2.75) is 71.7 Å². The highest BCUT2D eigenvalue weighted by molar-refractivity contribution is 5.69. The third kappa shape index (κ3) is 3.62. The third-order valence-electron chi connectivity index (χ3n) is 3.55. The van der Waals surface area contributed by atoms with Gasteiger partial charge in [-0.3, -0.25) is 0 Å². The molecule has 0 radical (unpaired) electrons. The average molecular weight is 269 g/mol. The maximum absolute atomic E-state index is 11.9. The van der Waals surface area contributed by atoms with Crippen LogP contribution in [-0.2, 0) is 9.47 Å². The lowest BCUT2D eigenvalue weighted by Gasteiger charge is -2.59. The van der Waals surface area contributed by atoms with Crippen LogP contribution in [0.25, 0.3) is 0 Å². The molecular weight excluding hydrogens is 242 g/mol. The molecule has 0 bridgehead atoms. The molecule has 2 fully saturated rings. The molecule has 2 rings (SSSR count). The molecule has 1 saturated heterocycles. The highest BCUT2D eigenvalue weighted by Crippen LogP contribution is 2.50. The minimum absolute atomic E-state index is 0.0686. The molecule has 1 aliphatic carbocycles. The highest BCUT2D eigenvalue weighted by atomic mass is 16.6. The zero-order chi connectivity index (χ0) is 14.5. The van der Waals surface area contributed by atoms with Crippen molar-refractivity contribution in [1.29, 1.82) is 0 Å². The van der Waals surface area contributed by atoms with Crippen molar-refractivity contribution >= 4 is 6.09 Å². The molecule has 2 aliphatic rings. The maximum Gasteiger partial charge on any atom is 0.410 e. The Hall–Kier alpha value is -0.770. The first-order valence-corrected chi connectivity index (χ1v) is 7.14. The van der Waals surface area contributed by atoms with Gasteiger partial charge < -0.3 is 14.4 Å². The Morgan fingerprint density at radius 3 is 2.00 bits per heavy atom. The molecule has 0 aromatic rings. The van der Waals surface area contributed by atoms with Crippen molar-refractivity contribution in [3.63, 3.8) is 0 Å². The fourth-order valence-corrected chi connectivity index (χ4v) is 2.97. The number of hydrogen-bond acceptors (Lipinski definition) is 3. The van der Waals surface area contributed by atoms with Gasteiger partial charge in [-0.2, -0.15) is 0 Å². The minimum Gasteiger partial charge on any atom is -0.444 e. The Bertz CT molecular complexity index is 351. The minimum atomic E-state index is -0.405. The molecule has 1 amide bonds. The third-order valence-corrected chi connectivity index (χ3v) is 3.55. The number of carbonyl (C=O) groups excluding carboxylic acids is 1. The van der Waals surface area contributed by atoms with Crippen LogP contribution in [-0.4, -0.2) is 41.4 Å². The topological polar surface area (TPSA) is 38.8 Å². The molecule has 1 aliphatic heterocycles. The smallest absolute Gasteiger partial charge is 0.410 e. The Labute approximate surface area is 116 Å². The van der Waals surface area contributed by atoms with Gasteiger partial charge in [-0.05, 0) is 54.4 Å². The van der Waals surface area contributed by atoms with E-state index in [0.29, 0.717) is 11.5 Å². The lowest BCUT2D eigenvalue weighted by Crippen LogP contribution is -2.66. The second-order valence-electron chi connectivity index (χ2n) is 8.10. The first-order valence-electron chi connectivity index (χ1n) is 7.14. The van der Waals surface area contributed by atoms with E-state index in [1.807, 2.05) is 20.8 Å². The summed E-state index contributed by atoms with van der Waals surface area (Å²) in [4.78, 5) is 13.7. The number of ether oxygens (including phenoxy) is 2. The Balaban J connectivity index is 1.72. The van der Waals surface area contributed by atoms with Gasteiger partial charge >= 0.3 is 6.09 Å². The molecule has 1 spiro atoms. The van der Waals surface area contributed by atoms with Gasteiger partial charge in [0.05, 0.1) is 11.7 Å². The van der Waals surface area contributed by atoms with E-state index in [4.69, 9.17) is 9.47 Å². The van der Waals surface area contributed by atoms with Crippen molar-refractivity contribution in [2.75, 3.05) is 13.1 Å². The van der Waals surface area contributed by atoms with Crippen LogP contribution in [0.5, 0.6) is 0 Å². The van der Waals surface area contributed by atoms with E-state index in [-0.39, 0.29) is 11.7 Å². The Morgan fingerprint density at radius 2 is 1.58 bits per heavy atom. The highest BCUT2D eigenvalue weighted by Gasteiger charge is 2.55. The van der Waals surface area contributed by atoms with Crippen LogP contribution in [0.2, 0.25) is 0 Å². The van der Waals surface area contributed by atoms with E-state index >= 15 is 0 Å². The molecule has 0 aromatic heterocycles. The maximum atomic E-state index is 11.9. The van der Waals surface area contributed by atoms with E-state index in [9.17, 15) is 4.79 Å². The van der Waals surface area contributed by atoms with Crippen LogP contribution in [0.4, 0.5) is 4.79 Å². The molecule has 4 heteroatoms. The quantitative estimate of drug-likeness (QED) is 0.733. The normalized spacial score (nSPS) is 22.9. The first-order chi connectivity index (χ1) is 8.48. The summed E-state index contributed by atoms with van der Waals surface area (Å²) >= 11 is 0. The molecule has 19 heavy (non-hydrogen) atoms. The number of hydrogen-bond donors (Lipinski definition) is 0. The number of nitrogens with zero attached hydrogens (tertiary/aromatic N) is 1. The number of carbonyl (C=O) groups is 1. The summed E-state index contributed by atoms with van der Waals surface area (Å²) in [6, 6.07) is 0. The molecule has 1 saturated carbocycles. The Morgan fingerprint density at radius 1 is 1.05 bits per heavy atom. The van der Waals surface area contributed by atoms with E-state index < -0.39 is 5.60 Å². The summed E-state index contributed by atoms with van der Waals surface area (Å²) in [5, 5.41) is 0. The van der Waals surface area contributed by atoms with Crippen LogP contribution in [0, 0.1) is 5.41 Å². The SMILES string of the molecule is CC(C)(C)OC(=O)N1CC2(CC(OC(C)(C)C)C2)C1. The summed E-state index contributed by atoms with van der Waals surface area (Å²) in [5.74, 6) is 0. The predicted octanol–water partition coefficient (Wildman–Crippen LogP) is 3.20. The summed E-state index contributed by atoms with van der Waals surface area (Å²) in [7, 11) is 0. The van der Waals surface area contributed by atoms with Crippen LogP contribution in [0.1, 0.15) is 54.4 Å². The zero-order valence-electron chi connectivity index (χ0n) is 13.1. The zero-order valence-corrected chi connectivity index (χ0v) is 13.1. The van der Waals surface area contributed by atoms with Gasteiger partial charge in [0.15, 0.2) is 0 Å². The van der Waals surface area contributed by atoms with Gasteiger partial charge in [-0.25, -0.2) is 4.79 Å². The van der Waals surface area contributed by atoms with Crippen molar-refractivity contribution in [3.05, 3.63) is 0 Å². The van der Waals surface area contributed by atoms with E-state index in [2.05, 4.69) is 20.8 Å². The molecule has 1 heterocycles. The van der Waals surface area contributed by atoms with Gasteiger partial charge in [-0.15, -0.1) is 0 Å². The lowest BCUT2D eigenvalue weighted by molar-refractivity contribution is -0.182. The Kier molecular flexibility index (Phi) is 3.37. The molecule has 0 unspecified atom stereocenters. The van der Waals surface area contributed by atoms with E-state index in [1.165, 1.54) is 0 Å². The number of amides is 1. The van der Waals surface area contributed by atoms with Crippen molar-refractivity contribution in [3.8, 4) is 0 Å². The van der Waals surface area contributed by atoms with Crippen LogP contribution < -0.4 is 0 Å². The molecule has 0 aromatic carbocycles.